The zero-order valence-electron chi connectivity index (χ0n) is 7.78. The summed E-state index contributed by atoms with van der Waals surface area (Å²) in [6.07, 6.45) is 0. The van der Waals surface area contributed by atoms with E-state index < -0.39 is 0 Å². The van der Waals surface area contributed by atoms with Gasteiger partial charge < -0.3 is 10.1 Å². The van der Waals surface area contributed by atoms with Gasteiger partial charge in [-0.15, -0.1) is 0 Å². The number of amides is 1. The summed E-state index contributed by atoms with van der Waals surface area (Å²) in [7, 11) is 1.55. The Morgan fingerprint density at radius 3 is 2.64 bits per heavy atom. The summed E-state index contributed by atoms with van der Waals surface area (Å²) in [6, 6.07) is 8.58. The molecule has 0 heterocycles. The van der Waals surface area contributed by atoms with Crippen molar-refractivity contribution in [3.8, 4) is 11.8 Å². The maximum Gasteiger partial charge on any atom is 0.257 e. The van der Waals surface area contributed by atoms with E-state index in [1.807, 2.05) is 6.07 Å². The number of hydrogen-bond acceptors (Lipinski definition) is 3. The Morgan fingerprint density at radius 1 is 1.50 bits per heavy atom. The van der Waals surface area contributed by atoms with Crippen molar-refractivity contribution in [3.63, 3.8) is 0 Å². The van der Waals surface area contributed by atoms with Crippen molar-refractivity contribution in [1.82, 2.24) is 5.32 Å². The van der Waals surface area contributed by atoms with Crippen molar-refractivity contribution >= 4 is 5.91 Å². The van der Waals surface area contributed by atoms with Crippen LogP contribution in [0.5, 0.6) is 5.75 Å². The molecule has 0 spiro atoms. The lowest BCUT2D eigenvalue weighted by molar-refractivity contribution is -0.122. The van der Waals surface area contributed by atoms with Crippen LogP contribution in [0.3, 0.4) is 0 Å². The second-order valence-corrected chi connectivity index (χ2v) is 2.60. The van der Waals surface area contributed by atoms with Crippen LogP contribution in [0.4, 0.5) is 0 Å². The minimum atomic E-state index is -0.186. The van der Waals surface area contributed by atoms with Crippen LogP contribution in [-0.4, -0.2) is 19.6 Å². The number of nitriles is 1. The Morgan fingerprint density at radius 2 is 2.14 bits per heavy atom. The minimum Gasteiger partial charge on any atom is -0.484 e. The highest BCUT2D eigenvalue weighted by molar-refractivity contribution is 5.77. The molecule has 4 nitrogen and oxygen atoms in total. The summed E-state index contributed by atoms with van der Waals surface area (Å²) in [5.41, 5.74) is 0.567. The van der Waals surface area contributed by atoms with Crippen LogP contribution in [0.25, 0.3) is 0 Å². The van der Waals surface area contributed by atoms with Crippen molar-refractivity contribution in [3.05, 3.63) is 29.8 Å². The number of nitrogens with zero attached hydrogens (tertiary/aromatic N) is 1. The first-order valence-corrected chi connectivity index (χ1v) is 4.10. The van der Waals surface area contributed by atoms with E-state index >= 15 is 0 Å². The lowest BCUT2D eigenvalue weighted by Gasteiger charge is -2.04. The van der Waals surface area contributed by atoms with Gasteiger partial charge in [-0.25, -0.2) is 0 Å². The highest BCUT2D eigenvalue weighted by Crippen LogP contribution is 2.10. The summed E-state index contributed by atoms with van der Waals surface area (Å²) in [6.45, 7) is -0.0115. The average molecular weight is 190 g/mol. The minimum absolute atomic E-state index is 0.0115. The van der Waals surface area contributed by atoms with Gasteiger partial charge in [0.05, 0.1) is 11.6 Å². The SMILES string of the molecule is CNC(=O)COc1ccc(C#N)cc1. The first kappa shape index (κ1) is 10.1. The number of likely N-dealkylation sites (N-methyl/N-ethyl adjacent to an activating group) is 1. The zero-order valence-corrected chi connectivity index (χ0v) is 7.78. The molecule has 0 aliphatic carbocycles. The third-order valence-corrected chi connectivity index (χ3v) is 1.63. The van der Waals surface area contributed by atoms with Crippen molar-refractivity contribution in [1.29, 1.82) is 5.26 Å². The smallest absolute Gasteiger partial charge is 0.257 e. The van der Waals surface area contributed by atoms with Crippen LogP contribution in [0, 0.1) is 11.3 Å². The fourth-order valence-corrected chi connectivity index (χ4v) is 0.847. The van der Waals surface area contributed by atoms with Gasteiger partial charge in [-0.2, -0.15) is 5.26 Å². The van der Waals surface area contributed by atoms with Gasteiger partial charge in [0, 0.05) is 7.05 Å². The average Bonchev–Trinajstić information content (AvgIpc) is 2.26. The zero-order chi connectivity index (χ0) is 10.4. The molecule has 14 heavy (non-hydrogen) atoms. The standard InChI is InChI=1S/C10H10N2O2/c1-12-10(13)7-14-9-4-2-8(6-11)3-5-9/h2-5H,7H2,1H3,(H,12,13). The first-order chi connectivity index (χ1) is 6.76. The third-order valence-electron chi connectivity index (χ3n) is 1.63. The number of nitrogens with one attached hydrogen (secondary N) is 1. The van der Waals surface area contributed by atoms with E-state index in [0.717, 1.165) is 0 Å². The van der Waals surface area contributed by atoms with Crippen LogP contribution >= 0.6 is 0 Å². The van der Waals surface area contributed by atoms with Gasteiger partial charge >= 0.3 is 0 Å². The Labute approximate surface area is 82.1 Å². The molecule has 4 heteroatoms. The molecular weight excluding hydrogens is 180 g/mol. The normalized spacial score (nSPS) is 8.86. The summed E-state index contributed by atoms with van der Waals surface area (Å²) >= 11 is 0. The molecule has 0 saturated carbocycles. The molecule has 0 unspecified atom stereocenters. The third kappa shape index (κ3) is 2.79. The largest absolute Gasteiger partial charge is 0.484 e. The molecule has 0 aliphatic rings. The van der Waals surface area contributed by atoms with E-state index in [1.165, 1.54) is 0 Å². The highest BCUT2D eigenvalue weighted by atomic mass is 16.5. The molecule has 1 amide bonds. The fraction of sp³-hybridized carbons (Fsp3) is 0.200. The van der Waals surface area contributed by atoms with Gasteiger partial charge in [-0.3, -0.25) is 4.79 Å². The van der Waals surface area contributed by atoms with E-state index in [-0.39, 0.29) is 12.5 Å². The molecular formula is C10H10N2O2. The summed E-state index contributed by atoms with van der Waals surface area (Å²) in [5, 5.41) is 11.0. The molecule has 1 aromatic carbocycles. The molecule has 0 bridgehead atoms. The van der Waals surface area contributed by atoms with Crippen LogP contribution in [-0.2, 0) is 4.79 Å². The lowest BCUT2D eigenvalue weighted by atomic mass is 10.2. The van der Waals surface area contributed by atoms with E-state index in [9.17, 15) is 4.79 Å². The maximum absolute atomic E-state index is 10.8. The number of rotatable bonds is 3. The monoisotopic (exact) mass is 190 g/mol. The second-order valence-electron chi connectivity index (χ2n) is 2.60. The van der Waals surface area contributed by atoms with Crippen LogP contribution in [0.1, 0.15) is 5.56 Å². The number of carbonyl (C=O) groups is 1. The molecule has 1 aromatic rings. The Kier molecular flexibility index (Phi) is 3.50. The van der Waals surface area contributed by atoms with Gasteiger partial charge in [0.15, 0.2) is 6.61 Å². The fourth-order valence-electron chi connectivity index (χ4n) is 0.847. The molecule has 1 N–H and O–H groups in total. The number of carbonyl (C=O) groups excluding carboxylic acids is 1. The van der Waals surface area contributed by atoms with Crippen LogP contribution in [0.15, 0.2) is 24.3 Å². The van der Waals surface area contributed by atoms with Gasteiger partial charge in [0.25, 0.3) is 5.91 Å². The Bertz CT molecular complexity index is 351. The molecule has 72 valence electrons. The van der Waals surface area contributed by atoms with Gasteiger partial charge in [0.2, 0.25) is 0 Å². The summed E-state index contributed by atoms with van der Waals surface area (Å²) in [4.78, 5) is 10.8. The Balaban J connectivity index is 2.53. The quantitative estimate of drug-likeness (QED) is 0.762. The van der Waals surface area contributed by atoms with Crippen LogP contribution < -0.4 is 10.1 Å². The lowest BCUT2D eigenvalue weighted by Crippen LogP contribution is -2.24. The van der Waals surface area contributed by atoms with Crippen molar-refractivity contribution in [2.75, 3.05) is 13.7 Å². The van der Waals surface area contributed by atoms with Crippen molar-refractivity contribution < 1.29 is 9.53 Å². The predicted octanol–water partition coefficient (Wildman–Crippen LogP) is 0.683. The van der Waals surface area contributed by atoms with E-state index in [0.29, 0.717) is 11.3 Å². The maximum atomic E-state index is 10.8. The number of benzene rings is 1. The van der Waals surface area contributed by atoms with Gasteiger partial charge in [-0.1, -0.05) is 0 Å². The first-order valence-electron chi connectivity index (χ1n) is 4.10. The summed E-state index contributed by atoms with van der Waals surface area (Å²) in [5.74, 6) is 0.391. The van der Waals surface area contributed by atoms with E-state index in [4.69, 9.17) is 10.00 Å². The predicted molar refractivity (Wildman–Crippen MR) is 50.7 cm³/mol. The second kappa shape index (κ2) is 4.87. The highest BCUT2D eigenvalue weighted by Gasteiger charge is 1.99. The number of ether oxygens (including phenoxy) is 1. The molecule has 0 aromatic heterocycles. The van der Waals surface area contributed by atoms with Crippen molar-refractivity contribution in [2.24, 2.45) is 0 Å². The molecule has 0 atom stereocenters. The van der Waals surface area contributed by atoms with E-state index in [2.05, 4.69) is 5.32 Å². The topological polar surface area (TPSA) is 62.1 Å². The molecule has 0 aliphatic heterocycles. The molecule has 0 radical (unpaired) electrons. The molecule has 1 rings (SSSR count). The van der Waals surface area contributed by atoms with E-state index in [1.54, 1.807) is 31.3 Å². The van der Waals surface area contributed by atoms with Crippen molar-refractivity contribution in [2.45, 2.75) is 0 Å². The van der Waals surface area contributed by atoms with Gasteiger partial charge in [0.1, 0.15) is 5.75 Å². The summed E-state index contributed by atoms with van der Waals surface area (Å²) < 4.78 is 5.14. The Hall–Kier alpha value is -2.02. The number of hydrogen-bond donors (Lipinski definition) is 1. The molecule has 0 fully saturated rings. The van der Waals surface area contributed by atoms with Crippen LogP contribution in [0.2, 0.25) is 0 Å². The van der Waals surface area contributed by atoms with Gasteiger partial charge in [-0.05, 0) is 24.3 Å². The molecule has 0 saturated heterocycles.